The van der Waals surface area contributed by atoms with Crippen LogP contribution in [0.1, 0.15) is 0 Å². The number of carbonyl (C=O) groups is 1. The van der Waals surface area contributed by atoms with Crippen molar-refractivity contribution in [3.8, 4) is 0 Å². The van der Waals surface area contributed by atoms with Crippen LogP contribution in [0.4, 0.5) is 4.79 Å². The summed E-state index contributed by atoms with van der Waals surface area (Å²) in [6.07, 6.45) is 1.35. The Kier molecular flexibility index (Phi) is 1.96. The van der Waals surface area contributed by atoms with Crippen LogP contribution in [-0.4, -0.2) is 10.6 Å². The fourth-order valence-corrected chi connectivity index (χ4v) is 0.826. The molecule has 1 aromatic rings. The molecule has 0 unspecified atom stereocenters. The third-order valence-corrected chi connectivity index (χ3v) is 1.39. The Bertz CT molecular complexity index is 344. The van der Waals surface area contributed by atoms with Gasteiger partial charge in [-0.15, -0.1) is 0 Å². The first kappa shape index (κ1) is 7.81. The van der Waals surface area contributed by atoms with Crippen molar-refractivity contribution < 1.29 is 4.79 Å². The maximum Gasteiger partial charge on any atom is 0.324 e. The van der Waals surface area contributed by atoms with Gasteiger partial charge in [0.15, 0.2) is 0 Å². The summed E-state index contributed by atoms with van der Waals surface area (Å²) in [5, 5.41) is 7.63. The van der Waals surface area contributed by atoms with Crippen LogP contribution < -0.4 is 11.2 Å². The van der Waals surface area contributed by atoms with Crippen LogP contribution in [0.15, 0.2) is 18.3 Å². The van der Waals surface area contributed by atoms with E-state index < -0.39 is 6.03 Å². The predicted octanol–water partition coefficient (Wildman–Crippen LogP) is 0.548. The van der Waals surface area contributed by atoms with E-state index in [1.807, 2.05) is 0 Å². The molecule has 0 fully saturated rings. The fraction of sp³-hybridized carbons (Fsp3) is 0. The van der Waals surface area contributed by atoms with Gasteiger partial charge < -0.3 is 5.73 Å². The van der Waals surface area contributed by atoms with Gasteiger partial charge in [0.05, 0.1) is 0 Å². The van der Waals surface area contributed by atoms with E-state index in [2.05, 4.69) is 0 Å². The molecule has 0 atom stereocenters. The Labute approximate surface area is 67.7 Å². The number of nitrogens with two attached hydrogens (primary N) is 1. The predicted molar refractivity (Wildman–Crippen MR) is 40.3 cm³/mol. The average molecular weight is 172 g/mol. The first-order chi connectivity index (χ1) is 5.11. The number of amides is 1. The van der Waals surface area contributed by atoms with Crippen LogP contribution in [0.2, 0.25) is 5.02 Å². The normalized spacial score (nSPS) is 9.55. The second-order valence-electron chi connectivity index (χ2n) is 1.94. The van der Waals surface area contributed by atoms with Crippen molar-refractivity contribution in [2.45, 2.75) is 0 Å². The SMILES string of the molecule is N=c1cc(Cl)ccn1C(N)=O. The maximum atomic E-state index is 10.6. The summed E-state index contributed by atoms with van der Waals surface area (Å²) in [4.78, 5) is 10.6. The number of hydrogen-bond donors (Lipinski definition) is 2. The molecule has 0 radical (unpaired) electrons. The van der Waals surface area contributed by atoms with Crippen molar-refractivity contribution in [2.75, 3.05) is 0 Å². The minimum absolute atomic E-state index is 0.0231. The minimum Gasteiger partial charge on any atom is -0.351 e. The molecule has 0 aromatic carbocycles. The van der Waals surface area contributed by atoms with E-state index in [-0.39, 0.29) is 5.49 Å². The molecular formula is C6H6ClN3O. The zero-order valence-corrected chi connectivity index (χ0v) is 6.30. The van der Waals surface area contributed by atoms with Crippen molar-refractivity contribution >= 4 is 17.6 Å². The number of nitrogens with zero attached hydrogens (tertiary/aromatic N) is 1. The lowest BCUT2D eigenvalue weighted by Gasteiger charge is -1.99. The third kappa shape index (κ3) is 1.59. The Morgan fingerprint density at radius 1 is 1.73 bits per heavy atom. The topological polar surface area (TPSA) is 71.9 Å². The molecule has 0 aliphatic heterocycles. The van der Waals surface area contributed by atoms with Gasteiger partial charge in [-0.05, 0) is 12.1 Å². The number of nitrogens with one attached hydrogen (secondary N) is 1. The molecule has 1 aromatic heterocycles. The maximum absolute atomic E-state index is 10.6. The highest BCUT2D eigenvalue weighted by molar-refractivity contribution is 6.30. The van der Waals surface area contributed by atoms with Gasteiger partial charge >= 0.3 is 6.03 Å². The van der Waals surface area contributed by atoms with Crippen molar-refractivity contribution in [2.24, 2.45) is 5.73 Å². The Morgan fingerprint density at radius 3 is 2.82 bits per heavy atom. The summed E-state index contributed by atoms with van der Waals surface area (Å²) in [5.41, 5.74) is 4.90. The van der Waals surface area contributed by atoms with Crippen LogP contribution in [0.3, 0.4) is 0 Å². The number of carbonyl (C=O) groups excluding carboxylic acids is 1. The molecule has 4 nitrogen and oxygen atoms in total. The van der Waals surface area contributed by atoms with Gasteiger partial charge in [-0.25, -0.2) is 4.79 Å². The molecule has 5 heteroatoms. The highest BCUT2D eigenvalue weighted by Crippen LogP contribution is 2.00. The molecule has 1 rings (SSSR count). The summed E-state index contributed by atoms with van der Waals surface area (Å²) >= 11 is 5.54. The van der Waals surface area contributed by atoms with E-state index in [0.717, 1.165) is 4.57 Å². The summed E-state index contributed by atoms with van der Waals surface area (Å²) in [7, 11) is 0. The lowest BCUT2D eigenvalue weighted by Crippen LogP contribution is -2.30. The van der Waals surface area contributed by atoms with Gasteiger partial charge in [-0.1, -0.05) is 11.6 Å². The molecule has 3 N–H and O–H groups in total. The van der Waals surface area contributed by atoms with E-state index in [4.69, 9.17) is 22.7 Å². The molecule has 0 aliphatic carbocycles. The molecule has 1 amide bonds. The molecule has 0 saturated carbocycles. The second kappa shape index (κ2) is 2.75. The standard InChI is InChI=1S/C6H6ClN3O/c7-4-1-2-10(6(9)11)5(8)3-4/h1-3,8H,(H2,9,11). The highest BCUT2D eigenvalue weighted by Gasteiger charge is 1.97. The lowest BCUT2D eigenvalue weighted by molar-refractivity contribution is 0.249. The number of primary amides is 1. The Balaban J connectivity index is 3.32. The van der Waals surface area contributed by atoms with Gasteiger partial charge in [0.25, 0.3) is 0 Å². The average Bonchev–Trinajstić information content (AvgIpc) is 1.85. The number of halogens is 1. The van der Waals surface area contributed by atoms with Gasteiger partial charge in [-0.3, -0.25) is 9.98 Å². The molecule has 11 heavy (non-hydrogen) atoms. The summed E-state index contributed by atoms with van der Waals surface area (Å²) in [6, 6.07) is 2.14. The van der Waals surface area contributed by atoms with Crippen LogP contribution >= 0.6 is 11.6 Å². The van der Waals surface area contributed by atoms with E-state index >= 15 is 0 Å². The molecule has 0 spiro atoms. The van der Waals surface area contributed by atoms with Crippen LogP contribution in [-0.2, 0) is 0 Å². The summed E-state index contributed by atoms with van der Waals surface area (Å²) in [6.45, 7) is 0. The van der Waals surface area contributed by atoms with Gasteiger partial charge in [0, 0.05) is 11.2 Å². The minimum atomic E-state index is -0.688. The molecule has 1 heterocycles. The monoisotopic (exact) mass is 171 g/mol. The first-order valence-corrected chi connectivity index (χ1v) is 3.21. The van der Waals surface area contributed by atoms with E-state index in [9.17, 15) is 4.79 Å². The molecule has 0 saturated heterocycles. The van der Waals surface area contributed by atoms with E-state index in [0.29, 0.717) is 5.02 Å². The number of hydrogen-bond acceptors (Lipinski definition) is 2. The van der Waals surface area contributed by atoms with Crippen molar-refractivity contribution in [3.05, 3.63) is 28.8 Å². The number of rotatable bonds is 0. The van der Waals surface area contributed by atoms with Crippen LogP contribution in [0, 0.1) is 5.41 Å². The molecule has 0 aliphatic rings. The fourth-order valence-electron chi connectivity index (χ4n) is 0.666. The van der Waals surface area contributed by atoms with Gasteiger partial charge in [-0.2, -0.15) is 0 Å². The third-order valence-electron chi connectivity index (χ3n) is 1.15. The van der Waals surface area contributed by atoms with Crippen molar-refractivity contribution in [3.63, 3.8) is 0 Å². The quantitative estimate of drug-likeness (QED) is 0.588. The molecular weight excluding hydrogens is 166 g/mol. The molecule has 58 valence electrons. The zero-order valence-electron chi connectivity index (χ0n) is 5.54. The van der Waals surface area contributed by atoms with Gasteiger partial charge in [0.1, 0.15) is 5.49 Å². The second-order valence-corrected chi connectivity index (χ2v) is 2.37. The Morgan fingerprint density at radius 2 is 2.36 bits per heavy atom. The van der Waals surface area contributed by atoms with Crippen molar-refractivity contribution in [1.29, 1.82) is 5.41 Å². The summed E-state index contributed by atoms with van der Waals surface area (Å²) < 4.78 is 0.992. The van der Waals surface area contributed by atoms with Gasteiger partial charge in [0.2, 0.25) is 0 Å². The van der Waals surface area contributed by atoms with E-state index in [1.54, 1.807) is 0 Å². The lowest BCUT2D eigenvalue weighted by atomic mass is 10.5. The van der Waals surface area contributed by atoms with E-state index in [1.165, 1.54) is 18.3 Å². The van der Waals surface area contributed by atoms with Crippen LogP contribution in [0.5, 0.6) is 0 Å². The Hall–Kier alpha value is -1.29. The molecule has 0 bridgehead atoms. The first-order valence-electron chi connectivity index (χ1n) is 2.84. The number of aromatic nitrogens is 1. The smallest absolute Gasteiger partial charge is 0.324 e. The summed E-state index contributed by atoms with van der Waals surface area (Å²) in [5.74, 6) is 0. The largest absolute Gasteiger partial charge is 0.351 e. The zero-order chi connectivity index (χ0) is 8.43. The van der Waals surface area contributed by atoms with Crippen molar-refractivity contribution in [1.82, 2.24) is 4.57 Å². The number of pyridine rings is 1. The highest BCUT2D eigenvalue weighted by atomic mass is 35.5. The van der Waals surface area contributed by atoms with Crippen LogP contribution in [0.25, 0.3) is 0 Å².